The van der Waals surface area contributed by atoms with Crippen LogP contribution in [0.25, 0.3) is 0 Å². The van der Waals surface area contributed by atoms with Gasteiger partial charge < -0.3 is 19.6 Å². The van der Waals surface area contributed by atoms with Gasteiger partial charge in [-0.1, -0.05) is 0 Å². The maximum absolute atomic E-state index is 12.3. The normalized spacial score (nSPS) is 23.8. The van der Waals surface area contributed by atoms with Gasteiger partial charge in [0.15, 0.2) is 0 Å². The Bertz CT molecular complexity index is 568. The molecule has 0 aliphatic carbocycles. The molecule has 1 aromatic rings. The van der Waals surface area contributed by atoms with Crippen LogP contribution in [-0.4, -0.2) is 66.4 Å². The van der Waals surface area contributed by atoms with Crippen LogP contribution in [0.2, 0.25) is 0 Å². The number of nitrogens with zero attached hydrogens (tertiary/aromatic N) is 3. The first-order valence-electron chi connectivity index (χ1n) is 8.27. The van der Waals surface area contributed by atoms with Crippen molar-refractivity contribution in [3.63, 3.8) is 0 Å². The predicted molar refractivity (Wildman–Crippen MR) is 87.6 cm³/mol. The van der Waals surface area contributed by atoms with E-state index in [1.807, 2.05) is 6.07 Å². The molecule has 2 fully saturated rings. The van der Waals surface area contributed by atoms with E-state index in [0.717, 1.165) is 51.2 Å². The Morgan fingerprint density at radius 2 is 2.17 bits per heavy atom. The van der Waals surface area contributed by atoms with Gasteiger partial charge >= 0.3 is 0 Å². The molecule has 126 valence electrons. The first-order chi connectivity index (χ1) is 11.0. The van der Waals surface area contributed by atoms with E-state index in [-0.39, 0.29) is 12.0 Å². The topological polar surface area (TPSA) is 65.9 Å². The van der Waals surface area contributed by atoms with Crippen LogP contribution in [0.15, 0.2) is 18.3 Å². The quantitative estimate of drug-likeness (QED) is 0.890. The lowest BCUT2D eigenvalue weighted by Crippen LogP contribution is -2.55. The van der Waals surface area contributed by atoms with Crippen LogP contribution in [0.5, 0.6) is 0 Å². The van der Waals surface area contributed by atoms with Gasteiger partial charge in [0.25, 0.3) is 5.91 Å². The number of amides is 1. The molecule has 1 spiro atoms. The minimum absolute atomic E-state index is 0.0395. The molecule has 3 heterocycles. The summed E-state index contributed by atoms with van der Waals surface area (Å²) in [6.45, 7) is 2.20. The summed E-state index contributed by atoms with van der Waals surface area (Å²) in [6.07, 6.45) is 4.60. The number of pyridine rings is 1. The average molecular weight is 319 g/mol. The molecule has 2 aliphatic heterocycles. The molecule has 0 bridgehead atoms. The standard InChI is InChI=1S/C17H25N3O3/c1-19(2)16(22)13-5-3-9-18-15(13)20-10-7-17(8-11-20)14(21)6-4-12-23-17/h3,5,9,14,21H,4,6-8,10-12H2,1-2H3/t14-/m0/s1. The van der Waals surface area contributed by atoms with Crippen molar-refractivity contribution in [2.75, 3.05) is 38.7 Å². The van der Waals surface area contributed by atoms with Crippen molar-refractivity contribution in [3.05, 3.63) is 23.9 Å². The van der Waals surface area contributed by atoms with E-state index in [9.17, 15) is 9.90 Å². The average Bonchev–Trinajstić information content (AvgIpc) is 2.58. The number of anilines is 1. The van der Waals surface area contributed by atoms with Crippen molar-refractivity contribution in [1.82, 2.24) is 9.88 Å². The van der Waals surface area contributed by atoms with Gasteiger partial charge in [0.2, 0.25) is 0 Å². The zero-order chi connectivity index (χ0) is 16.4. The lowest BCUT2D eigenvalue weighted by molar-refractivity contribution is -0.164. The highest BCUT2D eigenvalue weighted by Gasteiger charge is 2.44. The van der Waals surface area contributed by atoms with Gasteiger partial charge in [-0.05, 0) is 37.8 Å². The highest BCUT2D eigenvalue weighted by molar-refractivity contribution is 5.98. The molecule has 0 unspecified atom stereocenters. The number of aliphatic hydroxyl groups is 1. The summed E-state index contributed by atoms with van der Waals surface area (Å²) in [5, 5.41) is 10.3. The zero-order valence-corrected chi connectivity index (χ0v) is 13.9. The monoisotopic (exact) mass is 319 g/mol. The minimum Gasteiger partial charge on any atom is -0.390 e. The van der Waals surface area contributed by atoms with Gasteiger partial charge in [-0.15, -0.1) is 0 Å². The number of carbonyl (C=O) groups is 1. The number of piperidine rings is 1. The van der Waals surface area contributed by atoms with E-state index in [0.29, 0.717) is 5.56 Å². The van der Waals surface area contributed by atoms with E-state index >= 15 is 0 Å². The van der Waals surface area contributed by atoms with E-state index < -0.39 is 5.60 Å². The summed E-state index contributed by atoms with van der Waals surface area (Å²) < 4.78 is 5.95. The Labute approximate surface area is 137 Å². The fourth-order valence-corrected chi connectivity index (χ4v) is 3.54. The maximum Gasteiger partial charge on any atom is 0.257 e. The van der Waals surface area contributed by atoms with Gasteiger partial charge in [0.05, 0.1) is 17.3 Å². The van der Waals surface area contributed by atoms with Gasteiger partial charge in [0, 0.05) is 40.0 Å². The first kappa shape index (κ1) is 16.2. The highest BCUT2D eigenvalue weighted by Crippen LogP contribution is 2.36. The summed E-state index contributed by atoms with van der Waals surface area (Å²) in [7, 11) is 3.49. The van der Waals surface area contributed by atoms with Gasteiger partial charge in [-0.3, -0.25) is 4.79 Å². The molecule has 2 aliphatic rings. The maximum atomic E-state index is 12.3. The van der Waals surface area contributed by atoms with Crippen LogP contribution in [-0.2, 0) is 4.74 Å². The molecule has 1 atom stereocenters. The van der Waals surface area contributed by atoms with Crippen molar-refractivity contribution < 1.29 is 14.6 Å². The van der Waals surface area contributed by atoms with Gasteiger partial charge in [0.1, 0.15) is 5.82 Å². The predicted octanol–water partition coefficient (Wildman–Crippen LogP) is 1.29. The smallest absolute Gasteiger partial charge is 0.257 e. The minimum atomic E-state index is -0.407. The molecule has 0 saturated carbocycles. The number of ether oxygens (including phenoxy) is 1. The largest absolute Gasteiger partial charge is 0.390 e. The number of aromatic nitrogens is 1. The van der Waals surface area contributed by atoms with Crippen LogP contribution in [0, 0.1) is 0 Å². The lowest BCUT2D eigenvalue weighted by Gasteiger charge is -2.47. The summed E-state index contributed by atoms with van der Waals surface area (Å²) in [5.74, 6) is 0.689. The van der Waals surface area contributed by atoms with Crippen LogP contribution in [0.3, 0.4) is 0 Å². The molecular formula is C17H25N3O3. The Hall–Kier alpha value is -1.66. The number of rotatable bonds is 2. The Kier molecular flexibility index (Phi) is 4.55. The second-order valence-electron chi connectivity index (χ2n) is 6.63. The molecule has 1 aromatic heterocycles. The summed E-state index contributed by atoms with van der Waals surface area (Å²) in [4.78, 5) is 20.5. The Balaban J connectivity index is 1.77. The van der Waals surface area contributed by atoms with Crippen molar-refractivity contribution in [2.24, 2.45) is 0 Å². The van der Waals surface area contributed by atoms with Crippen LogP contribution >= 0.6 is 0 Å². The van der Waals surface area contributed by atoms with Crippen molar-refractivity contribution in [1.29, 1.82) is 0 Å². The third kappa shape index (κ3) is 3.05. The number of carbonyl (C=O) groups excluding carboxylic acids is 1. The van der Waals surface area contributed by atoms with E-state index in [1.54, 1.807) is 31.3 Å². The molecule has 1 N–H and O–H groups in total. The zero-order valence-electron chi connectivity index (χ0n) is 13.9. The summed E-state index contributed by atoms with van der Waals surface area (Å²) in [6, 6.07) is 3.61. The molecule has 3 rings (SSSR count). The second kappa shape index (κ2) is 6.45. The van der Waals surface area contributed by atoms with Crippen LogP contribution in [0.1, 0.15) is 36.0 Å². The molecule has 0 radical (unpaired) electrons. The number of hydrogen-bond donors (Lipinski definition) is 1. The van der Waals surface area contributed by atoms with Crippen molar-refractivity contribution in [2.45, 2.75) is 37.4 Å². The summed E-state index contributed by atoms with van der Waals surface area (Å²) >= 11 is 0. The molecule has 2 saturated heterocycles. The third-order valence-corrected chi connectivity index (χ3v) is 4.95. The SMILES string of the molecule is CN(C)C(=O)c1cccnc1N1CCC2(CC1)OCCC[C@@H]2O. The van der Waals surface area contributed by atoms with Gasteiger partial charge in [-0.25, -0.2) is 4.98 Å². The van der Waals surface area contributed by atoms with Crippen LogP contribution in [0.4, 0.5) is 5.82 Å². The van der Waals surface area contributed by atoms with E-state index in [4.69, 9.17) is 4.74 Å². The molecule has 0 aromatic carbocycles. The van der Waals surface area contributed by atoms with Crippen molar-refractivity contribution >= 4 is 11.7 Å². The fourth-order valence-electron chi connectivity index (χ4n) is 3.54. The fraction of sp³-hybridized carbons (Fsp3) is 0.647. The van der Waals surface area contributed by atoms with E-state index in [2.05, 4.69) is 9.88 Å². The Morgan fingerprint density at radius 1 is 1.43 bits per heavy atom. The number of hydrogen-bond acceptors (Lipinski definition) is 5. The highest BCUT2D eigenvalue weighted by atomic mass is 16.5. The lowest BCUT2D eigenvalue weighted by atomic mass is 9.82. The first-order valence-corrected chi connectivity index (χ1v) is 8.27. The molecular weight excluding hydrogens is 294 g/mol. The molecule has 23 heavy (non-hydrogen) atoms. The third-order valence-electron chi connectivity index (χ3n) is 4.95. The molecule has 1 amide bonds. The summed E-state index contributed by atoms with van der Waals surface area (Å²) in [5.41, 5.74) is 0.216. The van der Waals surface area contributed by atoms with Gasteiger partial charge in [-0.2, -0.15) is 0 Å². The van der Waals surface area contributed by atoms with Crippen molar-refractivity contribution in [3.8, 4) is 0 Å². The van der Waals surface area contributed by atoms with Crippen LogP contribution < -0.4 is 4.90 Å². The second-order valence-corrected chi connectivity index (χ2v) is 6.63. The van der Waals surface area contributed by atoms with E-state index in [1.165, 1.54) is 0 Å². The number of aliphatic hydroxyl groups excluding tert-OH is 1. The Morgan fingerprint density at radius 3 is 2.83 bits per heavy atom. The molecule has 6 nitrogen and oxygen atoms in total. The molecule has 6 heteroatoms.